The Kier molecular flexibility index (Phi) is 4.97. The van der Waals surface area contributed by atoms with E-state index in [4.69, 9.17) is 0 Å². The van der Waals surface area contributed by atoms with E-state index in [1.807, 2.05) is 0 Å². The van der Waals surface area contributed by atoms with Crippen molar-refractivity contribution < 1.29 is 19.1 Å². The van der Waals surface area contributed by atoms with Crippen molar-refractivity contribution in [2.45, 2.75) is 12.8 Å². The zero-order chi connectivity index (χ0) is 17.8. The van der Waals surface area contributed by atoms with Crippen molar-refractivity contribution in [3.05, 3.63) is 59.9 Å². The average Bonchev–Trinajstić information content (AvgIpc) is 2.64. The predicted octanol–water partition coefficient (Wildman–Crippen LogP) is 3.02. The van der Waals surface area contributed by atoms with Gasteiger partial charge in [-0.1, -0.05) is 12.1 Å². The van der Waals surface area contributed by atoms with Crippen LogP contribution in [0.3, 0.4) is 0 Å². The van der Waals surface area contributed by atoms with Gasteiger partial charge >= 0.3 is 0 Å². The first-order chi connectivity index (χ1) is 12.0. The molecule has 25 heavy (non-hydrogen) atoms. The second-order valence-electron chi connectivity index (χ2n) is 6.08. The number of likely N-dealkylation sites (tertiary alicyclic amines) is 1. The van der Waals surface area contributed by atoms with E-state index < -0.39 is 0 Å². The summed E-state index contributed by atoms with van der Waals surface area (Å²) in [4.78, 5) is 26.4. The van der Waals surface area contributed by atoms with Gasteiger partial charge in [-0.15, -0.1) is 0 Å². The Hall–Kier alpha value is -2.89. The highest BCUT2D eigenvalue weighted by molar-refractivity contribution is 5.95. The third-order valence-electron chi connectivity index (χ3n) is 4.41. The van der Waals surface area contributed by atoms with Crippen LogP contribution in [-0.4, -0.2) is 34.9 Å². The second-order valence-corrected chi connectivity index (χ2v) is 6.08. The van der Waals surface area contributed by atoms with Crippen LogP contribution in [0.15, 0.2) is 48.5 Å². The lowest BCUT2D eigenvalue weighted by Crippen LogP contribution is -2.41. The number of para-hydroxylation sites is 2. The van der Waals surface area contributed by atoms with Gasteiger partial charge in [-0.3, -0.25) is 9.59 Å². The highest BCUT2D eigenvalue weighted by Crippen LogP contribution is 2.25. The van der Waals surface area contributed by atoms with Crippen LogP contribution in [0.1, 0.15) is 23.2 Å². The summed E-state index contributed by atoms with van der Waals surface area (Å²) in [6.45, 7) is 0.935. The van der Waals surface area contributed by atoms with Gasteiger partial charge in [-0.05, 0) is 49.2 Å². The van der Waals surface area contributed by atoms with E-state index >= 15 is 0 Å². The number of carbonyl (C=O) groups is 2. The Morgan fingerprint density at radius 2 is 1.68 bits per heavy atom. The summed E-state index contributed by atoms with van der Waals surface area (Å²) in [5.74, 6) is -0.873. The molecule has 0 aromatic heterocycles. The van der Waals surface area contributed by atoms with Crippen molar-refractivity contribution in [1.82, 2.24) is 4.90 Å². The average molecular weight is 342 g/mol. The molecule has 0 aliphatic carbocycles. The van der Waals surface area contributed by atoms with Crippen molar-refractivity contribution in [2.24, 2.45) is 5.92 Å². The lowest BCUT2D eigenvalue weighted by Gasteiger charge is -2.31. The highest BCUT2D eigenvalue weighted by atomic mass is 19.1. The summed E-state index contributed by atoms with van der Waals surface area (Å²) >= 11 is 0. The summed E-state index contributed by atoms with van der Waals surface area (Å²) in [6, 6.07) is 12.0. The van der Waals surface area contributed by atoms with E-state index in [1.165, 1.54) is 30.3 Å². The summed E-state index contributed by atoms with van der Waals surface area (Å²) < 4.78 is 13.0. The third kappa shape index (κ3) is 3.96. The first kappa shape index (κ1) is 17.0. The molecule has 3 rings (SSSR count). The number of carbonyl (C=O) groups excluding carboxylic acids is 2. The van der Waals surface area contributed by atoms with Crippen molar-refractivity contribution >= 4 is 17.5 Å². The molecule has 0 atom stereocenters. The number of aromatic hydroxyl groups is 1. The van der Waals surface area contributed by atoms with E-state index in [0.29, 0.717) is 37.2 Å². The van der Waals surface area contributed by atoms with E-state index in [0.717, 1.165) is 0 Å². The van der Waals surface area contributed by atoms with Gasteiger partial charge < -0.3 is 15.3 Å². The molecular formula is C19H19FN2O3. The molecule has 0 spiro atoms. The number of piperidine rings is 1. The van der Waals surface area contributed by atoms with E-state index in [-0.39, 0.29) is 29.3 Å². The number of amides is 2. The zero-order valence-corrected chi connectivity index (χ0v) is 13.6. The topological polar surface area (TPSA) is 69.6 Å². The van der Waals surface area contributed by atoms with Crippen LogP contribution >= 0.6 is 0 Å². The van der Waals surface area contributed by atoms with E-state index in [1.54, 1.807) is 23.1 Å². The van der Waals surface area contributed by atoms with Crippen LogP contribution in [0.25, 0.3) is 0 Å². The lowest BCUT2D eigenvalue weighted by molar-refractivity contribution is -0.121. The van der Waals surface area contributed by atoms with Gasteiger partial charge in [0.1, 0.15) is 11.6 Å². The molecule has 2 aromatic carbocycles. The minimum absolute atomic E-state index is 0.0276. The van der Waals surface area contributed by atoms with Crippen molar-refractivity contribution in [3.8, 4) is 5.75 Å². The number of rotatable bonds is 3. The molecule has 0 bridgehead atoms. The number of nitrogens with zero attached hydrogens (tertiary/aromatic N) is 1. The van der Waals surface area contributed by atoms with Crippen molar-refractivity contribution in [3.63, 3.8) is 0 Å². The molecule has 2 aromatic rings. The minimum atomic E-state index is -0.379. The number of hydrogen-bond acceptors (Lipinski definition) is 3. The minimum Gasteiger partial charge on any atom is -0.506 e. The van der Waals surface area contributed by atoms with Crippen molar-refractivity contribution in [2.75, 3.05) is 18.4 Å². The van der Waals surface area contributed by atoms with Crippen LogP contribution in [0.5, 0.6) is 5.75 Å². The molecule has 0 saturated carbocycles. The smallest absolute Gasteiger partial charge is 0.253 e. The molecular weight excluding hydrogens is 323 g/mol. The summed E-state index contributed by atoms with van der Waals surface area (Å²) in [5.41, 5.74) is 0.829. The van der Waals surface area contributed by atoms with Gasteiger partial charge in [-0.25, -0.2) is 4.39 Å². The fourth-order valence-electron chi connectivity index (χ4n) is 2.93. The molecule has 1 heterocycles. The van der Waals surface area contributed by atoms with Gasteiger partial charge in [0.2, 0.25) is 5.91 Å². The molecule has 5 nitrogen and oxygen atoms in total. The maximum absolute atomic E-state index is 13.0. The van der Waals surface area contributed by atoms with Crippen LogP contribution in [-0.2, 0) is 4.79 Å². The Morgan fingerprint density at radius 3 is 2.32 bits per heavy atom. The number of phenols is 1. The number of nitrogens with one attached hydrogen (secondary N) is 1. The maximum Gasteiger partial charge on any atom is 0.253 e. The van der Waals surface area contributed by atoms with Crippen LogP contribution in [0, 0.1) is 11.7 Å². The molecule has 130 valence electrons. The normalized spacial score (nSPS) is 15.0. The monoisotopic (exact) mass is 342 g/mol. The largest absolute Gasteiger partial charge is 0.506 e. The number of halogens is 1. The molecule has 1 saturated heterocycles. The zero-order valence-electron chi connectivity index (χ0n) is 13.6. The number of benzene rings is 2. The van der Waals surface area contributed by atoms with Gasteiger partial charge in [0.25, 0.3) is 5.91 Å². The molecule has 2 N–H and O–H groups in total. The lowest BCUT2D eigenvalue weighted by atomic mass is 9.95. The molecule has 1 fully saturated rings. The van der Waals surface area contributed by atoms with Gasteiger partial charge in [0, 0.05) is 24.6 Å². The first-order valence-corrected chi connectivity index (χ1v) is 8.18. The fourth-order valence-corrected chi connectivity index (χ4v) is 2.93. The fraction of sp³-hybridized carbons (Fsp3) is 0.263. The number of phenolic OH excluding ortho intramolecular Hbond substituents is 1. The Balaban J connectivity index is 1.56. The second kappa shape index (κ2) is 7.34. The Labute approximate surface area is 145 Å². The number of anilines is 1. The molecule has 0 radical (unpaired) electrons. The van der Waals surface area contributed by atoms with Crippen LogP contribution in [0.2, 0.25) is 0 Å². The standard InChI is InChI=1S/C19H19FN2O3/c20-15-7-5-14(6-8-15)19(25)22-11-9-13(10-12-22)18(24)21-16-3-1-2-4-17(16)23/h1-8,13,23H,9-12H2,(H,21,24). The maximum atomic E-state index is 13.0. The number of hydrogen-bond donors (Lipinski definition) is 2. The molecule has 1 aliphatic rings. The molecule has 0 unspecified atom stereocenters. The quantitative estimate of drug-likeness (QED) is 0.843. The van der Waals surface area contributed by atoms with E-state index in [2.05, 4.69) is 5.32 Å². The summed E-state index contributed by atoms with van der Waals surface area (Å²) in [7, 11) is 0. The molecule has 2 amide bonds. The van der Waals surface area contributed by atoms with Crippen LogP contribution in [0.4, 0.5) is 10.1 Å². The molecule has 6 heteroatoms. The Morgan fingerprint density at radius 1 is 1.04 bits per heavy atom. The van der Waals surface area contributed by atoms with Gasteiger partial charge in [-0.2, -0.15) is 0 Å². The summed E-state index contributed by atoms with van der Waals surface area (Å²) in [5, 5.41) is 12.5. The SMILES string of the molecule is O=C(Nc1ccccc1O)C1CCN(C(=O)c2ccc(F)cc2)CC1. The summed E-state index contributed by atoms with van der Waals surface area (Å²) in [6.07, 6.45) is 1.10. The van der Waals surface area contributed by atoms with Crippen LogP contribution < -0.4 is 5.32 Å². The highest BCUT2D eigenvalue weighted by Gasteiger charge is 2.28. The Bertz CT molecular complexity index is 768. The third-order valence-corrected chi connectivity index (χ3v) is 4.41. The van der Waals surface area contributed by atoms with E-state index in [9.17, 15) is 19.1 Å². The van der Waals surface area contributed by atoms with Crippen molar-refractivity contribution in [1.29, 1.82) is 0 Å². The van der Waals surface area contributed by atoms with Gasteiger partial charge in [0.15, 0.2) is 0 Å². The molecule has 1 aliphatic heterocycles. The first-order valence-electron chi connectivity index (χ1n) is 8.18. The predicted molar refractivity (Wildman–Crippen MR) is 91.8 cm³/mol. The van der Waals surface area contributed by atoms with Gasteiger partial charge in [0.05, 0.1) is 5.69 Å².